The van der Waals surface area contributed by atoms with Crippen molar-refractivity contribution in [1.29, 1.82) is 0 Å². The SMILES string of the molecule is CC(Oc1ccccc1F)C(=O)NNC(=O)COc1ccccc1C(F)(F)F. The molecule has 2 aromatic rings. The lowest BCUT2D eigenvalue weighted by Crippen LogP contribution is -2.48. The molecule has 150 valence electrons. The summed E-state index contributed by atoms with van der Waals surface area (Å²) in [5.74, 6) is -3.03. The molecule has 0 bridgehead atoms. The van der Waals surface area contributed by atoms with Crippen molar-refractivity contribution in [3.05, 3.63) is 59.9 Å². The molecule has 2 N–H and O–H groups in total. The van der Waals surface area contributed by atoms with E-state index in [1.807, 2.05) is 10.9 Å². The number of hydrogen-bond donors (Lipinski definition) is 2. The molecule has 2 amide bonds. The number of rotatable bonds is 6. The quantitative estimate of drug-likeness (QED) is 0.578. The molecule has 0 saturated carbocycles. The van der Waals surface area contributed by atoms with E-state index in [2.05, 4.69) is 0 Å². The number of alkyl halides is 3. The Morgan fingerprint density at radius 1 is 1.00 bits per heavy atom. The lowest BCUT2D eigenvalue weighted by Gasteiger charge is -2.16. The lowest BCUT2D eigenvalue weighted by atomic mass is 10.2. The molecule has 1 atom stereocenters. The summed E-state index contributed by atoms with van der Waals surface area (Å²) < 4.78 is 62.0. The van der Waals surface area contributed by atoms with Crippen molar-refractivity contribution in [2.75, 3.05) is 6.61 Å². The Morgan fingerprint density at radius 2 is 1.61 bits per heavy atom. The van der Waals surface area contributed by atoms with Gasteiger partial charge in [-0.1, -0.05) is 24.3 Å². The monoisotopic (exact) mass is 400 g/mol. The zero-order valence-electron chi connectivity index (χ0n) is 14.5. The first-order valence-corrected chi connectivity index (χ1v) is 7.97. The third kappa shape index (κ3) is 5.86. The van der Waals surface area contributed by atoms with Crippen LogP contribution in [0.25, 0.3) is 0 Å². The van der Waals surface area contributed by atoms with Crippen LogP contribution in [0.4, 0.5) is 17.6 Å². The molecule has 2 rings (SSSR count). The maximum Gasteiger partial charge on any atom is 0.419 e. The predicted molar refractivity (Wildman–Crippen MR) is 89.7 cm³/mol. The van der Waals surface area contributed by atoms with Gasteiger partial charge < -0.3 is 9.47 Å². The molecule has 0 aliphatic rings. The maximum atomic E-state index is 13.5. The highest BCUT2D eigenvalue weighted by Gasteiger charge is 2.34. The van der Waals surface area contributed by atoms with Gasteiger partial charge >= 0.3 is 6.18 Å². The summed E-state index contributed by atoms with van der Waals surface area (Å²) in [5, 5.41) is 0. The second-order valence-corrected chi connectivity index (χ2v) is 5.51. The van der Waals surface area contributed by atoms with Gasteiger partial charge in [-0.3, -0.25) is 20.4 Å². The molecule has 0 heterocycles. The summed E-state index contributed by atoms with van der Waals surface area (Å²) in [6, 6.07) is 9.83. The molecule has 0 saturated heterocycles. The second kappa shape index (κ2) is 9.07. The Kier molecular flexibility index (Phi) is 6.80. The summed E-state index contributed by atoms with van der Waals surface area (Å²) in [5.41, 5.74) is 2.96. The lowest BCUT2D eigenvalue weighted by molar-refractivity contribution is -0.140. The smallest absolute Gasteiger partial charge is 0.419 e. The van der Waals surface area contributed by atoms with Crippen molar-refractivity contribution in [2.45, 2.75) is 19.2 Å². The Hall–Kier alpha value is -3.30. The molecule has 6 nitrogen and oxygen atoms in total. The third-order valence-corrected chi connectivity index (χ3v) is 3.39. The van der Waals surface area contributed by atoms with Gasteiger partial charge in [0.1, 0.15) is 5.75 Å². The summed E-state index contributed by atoms with van der Waals surface area (Å²) in [7, 11) is 0. The molecular weight excluding hydrogens is 384 g/mol. The summed E-state index contributed by atoms with van der Waals surface area (Å²) in [6.45, 7) is 0.555. The highest BCUT2D eigenvalue weighted by Crippen LogP contribution is 2.35. The van der Waals surface area contributed by atoms with Crippen molar-refractivity contribution < 1.29 is 36.6 Å². The molecule has 0 aliphatic heterocycles. The van der Waals surface area contributed by atoms with E-state index >= 15 is 0 Å². The number of hydrazine groups is 1. The molecule has 28 heavy (non-hydrogen) atoms. The third-order valence-electron chi connectivity index (χ3n) is 3.39. The van der Waals surface area contributed by atoms with Crippen LogP contribution in [0.2, 0.25) is 0 Å². The highest BCUT2D eigenvalue weighted by molar-refractivity contribution is 5.85. The molecule has 0 aliphatic carbocycles. The summed E-state index contributed by atoms with van der Waals surface area (Å²) in [4.78, 5) is 23.5. The number of hydrogen-bond acceptors (Lipinski definition) is 4. The number of carbonyl (C=O) groups is 2. The largest absolute Gasteiger partial charge is 0.483 e. The average Bonchev–Trinajstić information content (AvgIpc) is 2.65. The van der Waals surface area contributed by atoms with Crippen LogP contribution in [0.5, 0.6) is 11.5 Å². The van der Waals surface area contributed by atoms with E-state index in [0.29, 0.717) is 0 Å². The number of carbonyl (C=O) groups excluding carboxylic acids is 2. The Labute approximate surface area is 157 Å². The van der Waals surface area contributed by atoms with Gasteiger partial charge in [0, 0.05) is 0 Å². The molecule has 1 unspecified atom stereocenters. The van der Waals surface area contributed by atoms with E-state index in [1.165, 1.54) is 37.3 Å². The van der Waals surface area contributed by atoms with Gasteiger partial charge in [0.05, 0.1) is 5.56 Å². The van der Waals surface area contributed by atoms with Gasteiger partial charge in [-0.25, -0.2) is 4.39 Å². The van der Waals surface area contributed by atoms with Crippen LogP contribution in [0.1, 0.15) is 12.5 Å². The van der Waals surface area contributed by atoms with Crippen molar-refractivity contribution >= 4 is 11.8 Å². The Balaban J connectivity index is 1.83. The van der Waals surface area contributed by atoms with Crippen LogP contribution in [0, 0.1) is 5.82 Å². The second-order valence-electron chi connectivity index (χ2n) is 5.51. The van der Waals surface area contributed by atoms with E-state index in [9.17, 15) is 27.2 Å². The van der Waals surface area contributed by atoms with Crippen LogP contribution in [-0.4, -0.2) is 24.5 Å². The number of para-hydroxylation sites is 2. The van der Waals surface area contributed by atoms with Crippen molar-refractivity contribution in [3.8, 4) is 11.5 Å². The van der Waals surface area contributed by atoms with Gasteiger partial charge in [-0.2, -0.15) is 13.2 Å². The number of amides is 2. The first-order valence-electron chi connectivity index (χ1n) is 7.97. The minimum absolute atomic E-state index is 0.149. The number of halogens is 4. The molecule has 0 fully saturated rings. The molecule has 2 aromatic carbocycles. The minimum atomic E-state index is -4.64. The first-order chi connectivity index (χ1) is 13.2. The zero-order valence-corrected chi connectivity index (χ0v) is 14.5. The Bertz CT molecular complexity index is 842. The number of nitrogens with one attached hydrogen (secondary N) is 2. The summed E-state index contributed by atoms with van der Waals surface area (Å²) >= 11 is 0. The average molecular weight is 400 g/mol. The van der Waals surface area contributed by atoms with E-state index in [-0.39, 0.29) is 5.75 Å². The van der Waals surface area contributed by atoms with Gasteiger partial charge in [-0.15, -0.1) is 0 Å². The topological polar surface area (TPSA) is 76.7 Å². The number of ether oxygens (including phenoxy) is 2. The maximum absolute atomic E-state index is 13.5. The standard InChI is InChI=1S/C18H16F4N2O4/c1-11(28-15-9-5-3-7-13(15)19)17(26)24-23-16(25)10-27-14-8-4-2-6-12(14)18(20,21)22/h2-9,11H,10H2,1H3,(H,23,25)(H,24,26). The van der Waals surface area contributed by atoms with Gasteiger partial charge in [0.15, 0.2) is 24.3 Å². The number of benzene rings is 2. The van der Waals surface area contributed by atoms with E-state index < -0.39 is 47.8 Å². The van der Waals surface area contributed by atoms with Crippen LogP contribution < -0.4 is 20.3 Å². The van der Waals surface area contributed by atoms with Crippen molar-refractivity contribution in [2.24, 2.45) is 0 Å². The van der Waals surface area contributed by atoms with E-state index in [0.717, 1.165) is 18.2 Å². The first kappa shape index (κ1) is 21.0. The fourth-order valence-electron chi connectivity index (χ4n) is 2.02. The highest BCUT2D eigenvalue weighted by atomic mass is 19.4. The predicted octanol–water partition coefficient (Wildman–Crippen LogP) is 2.84. The Morgan fingerprint density at radius 3 is 2.25 bits per heavy atom. The summed E-state index contributed by atoms with van der Waals surface area (Å²) in [6.07, 6.45) is -5.79. The fourth-order valence-corrected chi connectivity index (χ4v) is 2.02. The van der Waals surface area contributed by atoms with Crippen molar-refractivity contribution in [3.63, 3.8) is 0 Å². The van der Waals surface area contributed by atoms with Crippen LogP contribution >= 0.6 is 0 Å². The van der Waals surface area contributed by atoms with Crippen LogP contribution in [0.3, 0.4) is 0 Å². The fraction of sp³-hybridized carbons (Fsp3) is 0.222. The van der Waals surface area contributed by atoms with Crippen LogP contribution in [0.15, 0.2) is 48.5 Å². The minimum Gasteiger partial charge on any atom is -0.483 e. The van der Waals surface area contributed by atoms with E-state index in [1.54, 1.807) is 0 Å². The molecular formula is C18H16F4N2O4. The molecule has 0 spiro atoms. The zero-order chi connectivity index (χ0) is 20.7. The molecule has 0 aromatic heterocycles. The van der Waals surface area contributed by atoms with Gasteiger partial charge in [0.25, 0.3) is 11.8 Å². The molecule has 0 radical (unpaired) electrons. The molecule has 10 heteroatoms. The van der Waals surface area contributed by atoms with Gasteiger partial charge in [-0.05, 0) is 31.2 Å². The van der Waals surface area contributed by atoms with Gasteiger partial charge in [0.2, 0.25) is 0 Å². The van der Waals surface area contributed by atoms with Crippen LogP contribution in [-0.2, 0) is 15.8 Å². The van der Waals surface area contributed by atoms with E-state index in [4.69, 9.17) is 9.47 Å². The van der Waals surface area contributed by atoms with Crippen molar-refractivity contribution in [1.82, 2.24) is 10.9 Å². The normalized spacial score (nSPS) is 12.0.